The Morgan fingerprint density at radius 2 is 2.11 bits per heavy atom. The molecule has 27 heavy (non-hydrogen) atoms. The van der Waals surface area contributed by atoms with E-state index in [9.17, 15) is 4.79 Å². The highest BCUT2D eigenvalue weighted by Crippen LogP contribution is 2.24. The van der Waals surface area contributed by atoms with E-state index in [0.717, 1.165) is 38.5 Å². The number of anilines is 3. The summed E-state index contributed by atoms with van der Waals surface area (Å²) in [6, 6.07) is 4.92. The Morgan fingerprint density at radius 3 is 2.74 bits per heavy atom. The Labute approximate surface area is 166 Å². The van der Waals surface area contributed by atoms with Gasteiger partial charge in [0, 0.05) is 38.9 Å². The second-order valence-corrected chi connectivity index (χ2v) is 7.90. The number of rotatable bonds is 4. The number of hydrogen-bond acceptors (Lipinski definition) is 7. The Hall–Kier alpha value is -1.97. The van der Waals surface area contributed by atoms with E-state index in [2.05, 4.69) is 47.9 Å². The third kappa shape index (κ3) is 3.85. The molecule has 2 aliphatic heterocycles. The van der Waals surface area contributed by atoms with Gasteiger partial charge in [0.15, 0.2) is 5.82 Å². The highest BCUT2D eigenvalue weighted by Gasteiger charge is 2.32. The van der Waals surface area contributed by atoms with Gasteiger partial charge in [-0.3, -0.25) is 9.69 Å². The van der Waals surface area contributed by atoms with Crippen LogP contribution in [0.25, 0.3) is 0 Å². The van der Waals surface area contributed by atoms with Gasteiger partial charge in [0.05, 0.1) is 31.1 Å². The molecular weight excluding hydrogens is 412 g/mol. The van der Waals surface area contributed by atoms with Crippen LogP contribution in [0.2, 0.25) is 0 Å². The second kappa shape index (κ2) is 7.57. The summed E-state index contributed by atoms with van der Waals surface area (Å²) in [7, 11) is 1.69. The molecule has 0 saturated carbocycles. The first kappa shape index (κ1) is 18.4. The smallest absolute Gasteiger partial charge is 0.293 e. The monoisotopic (exact) mass is 434 g/mol. The van der Waals surface area contributed by atoms with Gasteiger partial charge in [-0.15, -0.1) is 0 Å². The molecule has 1 N–H and O–H groups in total. The van der Waals surface area contributed by atoms with Crippen molar-refractivity contribution in [2.75, 3.05) is 43.1 Å². The highest BCUT2D eigenvalue weighted by atomic mass is 79.9. The van der Waals surface area contributed by atoms with Crippen LogP contribution >= 0.6 is 15.9 Å². The van der Waals surface area contributed by atoms with Crippen LogP contribution in [0.5, 0.6) is 0 Å². The topological polar surface area (TPSA) is 75.5 Å². The zero-order valence-electron chi connectivity index (χ0n) is 15.4. The minimum absolute atomic E-state index is 0.200. The molecule has 0 aromatic carbocycles. The van der Waals surface area contributed by atoms with Crippen molar-refractivity contribution >= 4 is 33.3 Å². The van der Waals surface area contributed by atoms with E-state index < -0.39 is 0 Å². The zero-order valence-corrected chi connectivity index (χ0v) is 17.0. The molecule has 2 aliphatic rings. The molecule has 0 aliphatic carbocycles. The van der Waals surface area contributed by atoms with Crippen LogP contribution in [-0.4, -0.2) is 64.4 Å². The molecular formula is C18H23BrN6O2. The van der Waals surface area contributed by atoms with Crippen molar-refractivity contribution in [1.29, 1.82) is 0 Å². The predicted octanol–water partition coefficient (Wildman–Crippen LogP) is 1.59. The predicted molar refractivity (Wildman–Crippen MR) is 108 cm³/mol. The molecule has 2 aromatic rings. The van der Waals surface area contributed by atoms with Gasteiger partial charge in [-0.25, -0.2) is 9.97 Å². The lowest BCUT2D eigenvalue weighted by Crippen LogP contribution is -2.59. The van der Waals surface area contributed by atoms with Gasteiger partial charge < -0.3 is 19.5 Å². The number of hydrogen-bond donors (Lipinski definition) is 1. The van der Waals surface area contributed by atoms with Crippen LogP contribution < -0.4 is 15.8 Å². The van der Waals surface area contributed by atoms with Crippen LogP contribution in [0.15, 0.2) is 33.9 Å². The lowest BCUT2D eigenvalue weighted by atomic mass is 10.1. The summed E-state index contributed by atoms with van der Waals surface area (Å²) in [6.45, 7) is 7.00. The number of aromatic nitrogens is 3. The van der Waals surface area contributed by atoms with Gasteiger partial charge in [-0.05, 0) is 35.0 Å². The Kier molecular flexibility index (Phi) is 5.16. The fourth-order valence-electron chi connectivity index (χ4n) is 3.54. The minimum atomic E-state index is -0.200. The van der Waals surface area contributed by atoms with Crippen molar-refractivity contribution in [1.82, 2.24) is 19.4 Å². The fraction of sp³-hybridized carbons (Fsp3) is 0.500. The molecule has 2 fully saturated rings. The summed E-state index contributed by atoms with van der Waals surface area (Å²) >= 11 is 3.31. The number of nitrogens with one attached hydrogen (secondary N) is 1. The van der Waals surface area contributed by atoms with Crippen molar-refractivity contribution in [3.63, 3.8) is 0 Å². The maximum Gasteiger partial charge on any atom is 0.293 e. The Balaban J connectivity index is 1.44. The number of halogens is 1. The second-order valence-electron chi connectivity index (χ2n) is 7.08. The number of ether oxygens (including phenoxy) is 1. The summed E-state index contributed by atoms with van der Waals surface area (Å²) in [5.74, 6) is 0.844. The summed E-state index contributed by atoms with van der Waals surface area (Å²) < 4.78 is 7.38. The normalized spacial score (nSPS) is 21.1. The largest absolute Gasteiger partial charge is 0.378 e. The molecule has 0 unspecified atom stereocenters. The first-order valence-electron chi connectivity index (χ1n) is 9.06. The van der Waals surface area contributed by atoms with Crippen LogP contribution in [0, 0.1) is 0 Å². The summed E-state index contributed by atoms with van der Waals surface area (Å²) in [5, 5.41) is 3.01. The molecule has 2 aromatic heterocycles. The molecule has 4 rings (SSSR count). The summed E-state index contributed by atoms with van der Waals surface area (Å²) in [4.78, 5) is 25.7. The van der Waals surface area contributed by atoms with Crippen molar-refractivity contribution in [2.24, 2.45) is 7.05 Å². The van der Waals surface area contributed by atoms with E-state index in [1.54, 1.807) is 13.2 Å². The fourth-order valence-corrected chi connectivity index (χ4v) is 4.02. The number of piperazine rings is 1. The summed E-state index contributed by atoms with van der Waals surface area (Å²) in [6.07, 6.45) is 3.48. The lowest BCUT2D eigenvalue weighted by molar-refractivity contribution is -0.0691. The number of pyridine rings is 1. The zero-order chi connectivity index (χ0) is 19.0. The third-order valence-electron chi connectivity index (χ3n) is 5.16. The molecule has 4 heterocycles. The maximum atomic E-state index is 12.2. The van der Waals surface area contributed by atoms with Gasteiger partial charge in [0.1, 0.15) is 10.4 Å². The van der Waals surface area contributed by atoms with Crippen molar-refractivity contribution in [3.05, 3.63) is 39.5 Å². The molecule has 144 valence electrons. The first-order valence-corrected chi connectivity index (χ1v) is 9.85. The lowest BCUT2D eigenvalue weighted by Gasteiger charge is -2.46. The van der Waals surface area contributed by atoms with E-state index in [-0.39, 0.29) is 11.4 Å². The highest BCUT2D eigenvalue weighted by molar-refractivity contribution is 9.10. The van der Waals surface area contributed by atoms with E-state index >= 15 is 0 Å². The van der Waals surface area contributed by atoms with E-state index in [1.165, 1.54) is 4.57 Å². The standard InChI is InChI=1S/C18H23BrN6O2/c1-12-8-24(14-10-27-11-14)5-6-25(12)13-3-4-16(20-7-13)22-17-18(26)23(2)9-15(19)21-17/h3-4,7,9,12,14H,5-6,8,10-11H2,1-2H3,(H,20,21,22)/t12-/m0/s1. The molecule has 0 radical (unpaired) electrons. The van der Waals surface area contributed by atoms with E-state index in [4.69, 9.17) is 4.74 Å². The van der Waals surface area contributed by atoms with Crippen LogP contribution in [-0.2, 0) is 11.8 Å². The molecule has 1 atom stereocenters. The molecule has 9 heteroatoms. The molecule has 8 nitrogen and oxygen atoms in total. The number of nitrogens with zero attached hydrogens (tertiary/aromatic N) is 5. The van der Waals surface area contributed by atoms with Crippen molar-refractivity contribution in [2.45, 2.75) is 19.0 Å². The van der Waals surface area contributed by atoms with Gasteiger partial charge >= 0.3 is 0 Å². The van der Waals surface area contributed by atoms with Gasteiger partial charge in [-0.2, -0.15) is 0 Å². The van der Waals surface area contributed by atoms with Crippen LogP contribution in [0.3, 0.4) is 0 Å². The quantitative estimate of drug-likeness (QED) is 0.782. The Morgan fingerprint density at radius 1 is 1.30 bits per heavy atom. The van der Waals surface area contributed by atoms with Crippen LogP contribution in [0.4, 0.5) is 17.3 Å². The third-order valence-corrected chi connectivity index (χ3v) is 5.55. The van der Waals surface area contributed by atoms with Crippen molar-refractivity contribution in [3.8, 4) is 0 Å². The van der Waals surface area contributed by atoms with E-state index in [0.29, 0.717) is 22.5 Å². The molecule has 0 bridgehead atoms. The maximum absolute atomic E-state index is 12.2. The van der Waals surface area contributed by atoms with Crippen LogP contribution in [0.1, 0.15) is 6.92 Å². The average molecular weight is 435 g/mol. The Bertz CT molecular complexity index is 867. The minimum Gasteiger partial charge on any atom is -0.378 e. The molecule has 0 spiro atoms. The van der Waals surface area contributed by atoms with Gasteiger partial charge in [0.25, 0.3) is 5.56 Å². The van der Waals surface area contributed by atoms with E-state index in [1.807, 2.05) is 18.3 Å². The SMILES string of the molecule is C[C@H]1CN(C2COC2)CCN1c1ccc(Nc2nc(Br)cn(C)c2=O)nc1. The van der Waals surface area contributed by atoms with Gasteiger partial charge in [-0.1, -0.05) is 0 Å². The van der Waals surface area contributed by atoms with Gasteiger partial charge in [0.2, 0.25) is 0 Å². The molecule has 0 amide bonds. The average Bonchev–Trinajstić information content (AvgIpc) is 2.59. The molecule has 2 saturated heterocycles. The number of aryl methyl sites for hydroxylation is 1. The summed E-state index contributed by atoms with van der Waals surface area (Å²) in [5.41, 5.74) is 0.890. The van der Waals surface area contributed by atoms with Crippen molar-refractivity contribution < 1.29 is 4.74 Å². The first-order chi connectivity index (χ1) is 13.0.